The Bertz CT molecular complexity index is 419. The molecule has 1 N–H and O–H groups in total. The second kappa shape index (κ2) is 5.46. The Morgan fingerprint density at radius 2 is 2.12 bits per heavy atom. The molecule has 0 heterocycles. The molecule has 0 aromatic heterocycles. The summed E-state index contributed by atoms with van der Waals surface area (Å²) in [5, 5.41) is 8.57. The standard InChI is InChI=1S/C10H7ClF2O3/c11-7-3-6(1-2-9(14)15)4-8(5-7)16-10(12)13/h1-5,10H,(H,14,15)/b2-1+. The van der Waals surface area contributed by atoms with E-state index in [0.29, 0.717) is 5.56 Å². The largest absolute Gasteiger partial charge is 0.478 e. The third kappa shape index (κ3) is 4.27. The minimum atomic E-state index is -2.95. The van der Waals surface area contributed by atoms with Crippen LogP contribution in [0.2, 0.25) is 5.02 Å². The number of carbonyl (C=O) groups is 1. The lowest BCUT2D eigenvalue weighted by Gasteiger charge is -2.05. The Balaban J connectivity index is 2.93. The van der Waals surface area contributed by atoms with Gasteiger partial charge in [-0.15, -0.1) is 0 Å². The Labute approximate surface area is 94.9 Å². The van der Waals surface area contributed by atoms with Crippen molar-refractivity contribution in [3.63, 3.8) is 0 Å². The quantitative estimate of drug-likeness (QED) is 0.833. The minimum Gasteiger partial charge on any atom is -0.478 e. The molecule has 0 aliphatic carbocycles. The van der Waals surface area contributed by atoms with Gasteiger partial charge in [0.2, 0.25) is 0 Å². The van der Waals surface area contributed by atoms with E-state index in [1.165, 1.54) is 24.3 Å². The number of aliphatic carboxylic acids is 1. The summed E-state index contributed by atoms with van der Waals surface area (Å²) in [5.41, 5.74) is 0.366. The summed E-state index contributed by atoms with van der Waals surface area (Å²) in [5.74, 6) is -1.26. The van der Waals surface area contributed by atoms with Gasteiger partial charge < -0.3 is 9.84 Å². The number of alkyl halides is 2. The van der Waals surface area contributed by atoms with Gasteiger partial charge in [0.15, 0.2) is 0 Å². The zero-order valence-corrected chi connectivity index (χ0v) is 8.62. The molecule has 0 aliphatic heterocycles. The van der Waals surface area contributed by atoms with Crippen molar-refractivity contribution in [3.05, 3.63) is 34.9 Å². The molecule has 6 heteroatoms. The summed E-state index contributed by atoms with van der Waals surface area (Å²) < 4.78 is 28.0. The molecule has 0 unspecified atom stereocenters. The SMILES string of the molecule is O=C(O)/C=C/c1cc(Cl)cc(OC(F)F)c1. The van der Waals surface area contributed by atoms with Gasteiger partial charge in [-0.3, -0.25) is 0 Å². The highest BCUT2D eigenvalue weighted by Crippen LogP contribution is 2.23. The van der Waals surface area contributed by atoms with Crippen molar-refractivity contribution in [2.75, 3.05) is 0 Å². The summed E-state index contributed by atoms with van der Waals surface area (Å²) >= 11 is 5.64. The van der Waals surface area contributed by atoms with E-state index < -0.39 is 12.6 Å². The molecule has 3 nitrogen and oxygen atoms in total. The van der Waals surface area contributed by atoms with Crippen molar-refractivity contribution in [1.29, 1.82) is 0 Å². The third-order valence-corrected chi connectivity index (χ3v) is 1.76. The van der Waals surface area contributed by atoms with Gasteiger partial charge in [0.1, 0.15) is 5.75 Å². The molecule has 1 aromatic rings. The first kappa shape index (κ1) is 12.4. The van der Waals surface area contributed by atoms with E-state index in [-0.39, 0.29) is 10.8 Å². The van der Waals surface area contributed by atoms with Gasteiger partial charge in [-0.2, -0.15) is 8.78 Å². The van der Waals surface area contributed by atoms with Crippen molar-refractivity contribution in [3.8, 4) is 5.75 Å². The summed E-state index contributed by atoms with van der Waals surface area (Å²) in [7, 11) is 0. The van der Waals surface area contributed by atoms with Crippen molar-refractivity contribution in [1.82, 2.24) is 0 Å². The van der Waals surface area contributed by atoms with E-state index in [1.807, 2.05) is 0 Å². The number of halogens is 3. The molecule has 0 amide bonds. The number of hydrogen-bond acceptors (Lipinski definition) is 2. The normalized spacial score (nSPS) is 11.0. The first-order chi connectivity index (χ1) is 7.47. The van der Waals surface area contributed by atoms with Gasteiger partial charge in [0.05, 0.1) is 0 Å². The highest BCUT2D eigenvalue weighted by atomic mass is 35.5. The summed E-state index contributed by atoms with van der Waals surface area (Å²) in [4.78, 5) is 10.2. The molecule has 0 saturated heterocycles. The molecule has 0 fully saturated rings. The van der Waals surface area contributed by atoms with Crippen LogP contribution in [0.3, 0.4) is 0 Å². The first-order valence-electron chi connectivity index (χ1n) is 4.14. The maximum absolute atomic E-state index is 11.9. The Kier molecular flexibility index (Phi) is 4.25. The average molecular weight is 249 g/mol. The van der Waals surface area contributed by atoms with Gasteiger partial charge in [-0.05, 0) is 29.8 Å². The van der Waals surface area contributed by atoms with E-state index >= 15 is 0 Å². The second-order valence-corrected chi connectivity index (χ2v) is 3.21. The van der Waals surface area contributed by atoms with E-state index in [9.17, 15) is 13.6 Å². The molecule has 0 bridgehead atoms. The van der Waals surface area contributed by atoms with E-state index in [4.69, 9.17) is 16.7 Å². The highest BCUT2D eigenvalue weighted by molar-refractivity contribution is 6.30. The molecule has 0 aliphatic rings. The number of ether oxygens (including phenoxy) is 1. The second-order valence-electron chi connectivity index (χ2n) is 2.77. The topological polar surface area (TPSA) is 46.5 Å². The fourth-order valence-corrected chi connectivity index (χ4v) is 1.25. The van der Waals surface area contributed by atoms with E-state index in [2.05, 4.69) is 4.74 Å². The maximum Gasteiger partial charge on any atom is 0.387 e. The van der Waals surface area contributed by atoms with Crippen LogP contribution in [0, 0.1) is 0 Å². The molecule has 0 saturated carbocycles. The van der Waals surface area contributed by atoms with Crippen molar-refractivity contribution >= 4 is 23.6 Å². The van der Waals surface area contributed by atoms with Crippen LogP contribution in [-0.4, -0.2) is 17.7 Å². The van der Waals surface area contributed by atoms with Crippen molar-refractivity contribution < 1.29 is 23.4 Å². The predicted octanol–water partition coefficient (Wildman–Crippen LogP) is 3.04. The van der Waals surface area contributed by atoms with Crippen LogP contribution >= 0.6 is 11.6 Å². The lowest BCUT2D eigenvalue weighted by molar-refractivity contribution is -0.131. The molecular formula is C10H7ClF2O3. The fraction of sp³-hybridized carbons (Fsp3) is 0.100. The minimum absolute atomic E-state index is 0.118. The third-order valence-electron chi connectivity index (χ3n) is 1.54. The van der Waals surface area contributed by atoms with E-state index in [1.54, 1.807) is 0 Å². The molecule has 16 heavy (non-hydrogen) atoms. The summed E-state index contributed by atoms with van der Waals surface area (Å²) in [6.07, 6.45) is 2.10. The van der Waals surface area contributed by atoms with Gasteiger partial charge in [-0.25, -0.2) is 4.79 Å². The maximum atomic E-state index is 11.9. The summed E-state index contributed by atoms with van der Waals surface area (Å²) in [6, 6.07) is 3.91. The molecule has 0 spiro atoms. The fourth-order valence-electron chi connectivity index (χ4n) is 1.02. The Morgan fingerprint density at radius 1 is 1.44 bits per heavy atom. The Hall–Kier alpha value is -1.62. The highest BCUT2D eigenvalue weighted by Gasteiger charge is 2.05. The van der Waals surface area contributed by atoms with Gasteiger partial charge in [0.25, 0.3) is 0 Å². The van der Waals surface area contributed by atoms with Crippen LogP contribution < -0.4 is 4.74 Å². The van der Waals surface area contributed by atoms with Crippen LogP contribution in [0.25, 0.3) is 6.08 Å². The van der Waals surface area contributed by atoms with Crippen LogP contribution in [0.5, 0.6) is 5.75 Å². The number of rotatable bonds is 4. The van der Waals surface area contributed by atoms with Gasteiger partial charge in [0, 0.05) is 11.1 Å². The lowest BCUT2D eigenvalue weighted by Crippen LogP contribution is -2.01. The molecule has 1 rings (SSSR count). The van der Waals surface area contributed by atoms with E-state index in [0.717, 1.165) is 6.08 Å². The average Bonchev–Trinajstić information content (AvgIpc) is 2.12. The Morgan fingerprint density at radius 3 is 2.69 bits per heavy atom. The number of hydrogen-bond donors (Lipinski definition) is 1. The van der Waals surface area contributed by atoms with Crippen molar-refractivity contribution in [2.45, 2.75) is 6.61 Å². The summed E-state index contributed by atoms with van der Waals surface area (Å²) in [6.45, 7) is -2.95. The lowest BCUT2D eigenvalue weighted by atomic mass is 10.2. The first-order valence-corrected chi connectivity index (χ1v) is 4.51. The molecule has 86 valence electrons. The zero-order chi connectivity index (χ0) is 12.1. The van der Waals surface area contributed by atoms with Crippen molar-refractivity contribution in [2.24, 2.45) is 0 Å². The van der Waals surface area contributed by atoms with Crippen LogP contribution in [0.1, 0.15) is 5.56 Å². The number of benzene rings is 1. The van der Waals surface area contributed by atoms with Crippen LogP contribution in [-0.2, 0) is 4.79 Å². The van der Waals surface area contributed by atoms with Gasteiger partial charge in [-0.1, -0.05) is 11.6 Å². The number of carboxylic acids is 1. The predicted molar refractivity (Wildman–Crippen MR) is 54.8 cm³/mol. The van der Waals surface area contributed by atoms with Gasteiger partial charge >= 0.3 is 12.6 Å². The molecular weight excluding hydrogens is 242 g/mol. The van der Waals surface area contributed by atoms with Crippen LogP contribution in [0.4, 0.5) is 8.78 Å². The monoisotopic (exact) mass is 248 g/mol. The van der Waals surface area contributed by atoms with Crippen LogP contribution in [0.15, 0.2) is 24.3 Å². The smallest absolute Gasteiger partial charge is 0.387 e. The molecule has 0 atom stereocenters. The zero-order valence-electron chi connectivity index (χ0n) is 7.86. The molecule has 0 radical (unpaired) electrons. The number of carboxylic acid groups (broad SMARTS) is 1. The molecule has 1 aromatic carbocycles.